The van der Waals surface area contributed by atoms with Gasteiger partial charge in [0.2, 0.25) is 0 Å². The number of esters is 1. The minimum Gasteiger partial charge on any atom is -0.452 e. The van der Waals surface area contributed by atoms with E-state index in [1.54, 1.807) is 18.3 Å². The summed E-state index contributed by atoms with van der Waals surface area (Å²) in [5.74, 6) is -0.942. The first-order chi connectivity index (χ1) is 11.8. The molecule has 1 aromatic carbocycles. The highest BCUT2D eigenvalue weighted by molar-refractivity contribution is 7.98. The Morgan fingerprint density at radius 2 is 1.84 bits per heavy atom. The molecule has 0 bridgehead atoms. The number of hydrogen-bond acceptors (Lipinski definition) is 5. The number of amides is 1. The van der Waals surface area contributed by atoms with Crippen LogP contribution in [0.2, 0.25) is 0 Å². The Morgan fingerprint density at radius 3 is 2.44 bits per heavy atom. The lowest BCUT2D eigenvalue weighted by Gasteiger charge is -2.19. The lowest BCUT2D eigenvalue weighted by molar-refractivity contribution is -0.119. The molecular formula is C19H22N2O3S. The van der Waals surface area contributed by atoms with Crippen LogP contribution in [0.5, 0.6) is 0 Å². The van der Waals surface area contributed by atoms with Gasteiger partial charge in [-0.3, -0.25) is 4.79 Å². The first-order valence-corrected chi connectivity index (χ1v) is 9.10. The molecule has 1 aromatic heterocycles. The molecule has 1 amide bonds. The first kappa shape index (κ1) is 19.0. The number of carbonyl (C=O) groups excluding carboxylic acids is 2. The van der Waals surface area contributed by atoms with Gasteiger partial charge in [0.25, 0.3) is 5.91 Å². The summed E-state index contributed by atoms with van der Waals surface area (Å²) < 4.78 is 5.08. The smallest absolute Gasteiger partial charge is 0.341 e. The second-order valence-electron chi connectivity index (χ2n) is 6.51. The van der Waals surface area contributed by atoms with Crippen LogP contribution in [0.25, 0.3) is 0 Å². The van der Waals surface area contributed by atoms with E-state index in [9.17, 15) is 9.59 Å². The molecule has 1 heterocycles. The molecule has 1 N–H and O–H groups in total. The number of ether oxygens (including phenoxy) is 1. The van der Waals surface area contributed by atoms with Crippen molar-refractivity contribution in [3.63, 3.8) is 0 Å². The second-order valence-corrected chi connectivity index (χ2v) is 7.31. The molecule has 0 fully saturated rings. The number of nitrogens with one attached hydrogen (secondary N) is 1. The van der Waals surface area contributed by atoms with Crippen molar-refractivity contribution in [2.45, 2.75) is 31.2 Å². The normalized spacial score (nSPS) is 11.0. The highest BCUT2D eigenvalue weighted by atomic mass is 32.2. The third kappa shape index (κ3) is 5.32. The van der Waals surface area contributed by atoms with Gasteiger partial charge >= 0.3 is 5.97 Å². The summed E-state index contributed by atoms with van der Waals surface area (Å²) in [5.41, 5.74) is 2.26. The summed E-state index contributed by atoms with van der Waals surface area (Å²) in [6.45, 7) is 6.03. The number of rotatable bonds is 5. The monoisotopic (exact) mass is 358 g/mol. The Labute approximate surface area is 152 Å². The van der Waals surface area contributed by atoms with Crippen molar-refractivity contribution >= 4 is 29.3 Å². The standard InChI is InChI=1S/C19H22N2O3S/c1-19(2,3)13-7-9-14(10-8-13)21-16(22)12-24-18(23)15-6-5-11-20-17(15)25-4/h5-11H,12H2,1-4H3,(H,21,22). The molecule has 0 aliphatic heterocycles. The first-order valence-electron chi connectivity index (χ1n) is 7.88. The van der Waals surface area contributed by atoms with E-state index in [4.69, 9.17) is 4.74 Å². The van der Waals surface area contributed by atoms with Crippen molar-refractivity contribution in [1.29, 1.82) is 0 Å². The average Bonchev–Trinajstić information content (AvgIpc) is 2.59. The molecule has 0 unspecified atom stereocenters. The summed E-state index contributed by atoms with van der Waals surface area (Å²) >= 11 is 1.35. The summed E-state index contributed by atoms with van der Waals surface area (Å²) in [5, 5.41) is 3.29. The molecule has 0 spiro atoms. The zero-order valence-electron chi connectivity index (χ0n) is 14.8. The Morgan fingerprint density at radius 1 is 1.16 bits per heavy atom. The number of hydrogen-bond donors (Lipinski definition) is 1. The largest absolute Gasteiger partial charge is 0.452 e. The third-order valence-electron chi connectivity index (χ3n) is 3.55. The number of aromatic nitrogens is 1. The van der Waals surface area contributed by atoms with E-state index in [0.717, 1.165) is 0 Å². The molecule has 132 valence electrons. The molecule has 0 saturated carbocycles. The molecule has 0 aliphatic rings. The van der Waals surface area contributed by atoms with Crippen LogP contribution >= 0.6 is 11.8 Å². The maximum atomic E-state index is 12.1. The van der Waals surface area contributed by atoms with Gasteiger partial charge in [-0.2, -0.15) is 0 Å². The van der Waals surface area contributed by atoms with E-state index in [1.807, 2.05) is 30.5 Å². The highest BCUT2D eigenvalue weighted by Crippen LogP contribution is 2.23. The van der Waals surface area contributed by atoms with Crippen molar-refractivity contribution in [3.05, 3.63) is 53.7 Å². The van der Waals surface area contributed by atoms with Crippen molar-refractivity contribution in [2.75, 3.05) is 18.2 Å². The molecular weight excluding hydrogens is 336 g/mol. The van der Waals surface area contributed by atoms with Gasteiger partial charge < -0.3 is 10.1 Å². The van der Waals surface area contributed by atoms with Gasteiger partial charge in [-0.05, 0) is 41.5 Å². The van der Waals surface area contributed by atoms with Gasteiger partial charge in [0.05, 0.1) is 5.56 Å². The van der Waals surface area contributed by atoms with Gasteiger partial charge in [-0.1, -0.05) is 32.9 Å². The van der Waals surface area contributed by atoms with Crippen molar-refractivity contribution in [1.82, 2.24) is 4.98 Å². The minimum atomic E-state index is -0.560. The van der Waals surface area contributed by atoms with Crippen LogP contribution in [-0.2, 0) is 14.9 Å². The van der Waals surface area contributed by atoms with E-state index >= 15 is 0 Å². The van der Waals surface area contributed by atoms with Crippen molar-refractivity contribution in [2.24, 2.45) is 0 Å². The van der Waals surface area contributed by atoms with E-state index in [2.05, 4.69) is 31.1 Å². The fourth-order valence-corrected chi connectivity index (χ4v) is 2.71. The number of carbonyl (C=O) groups is 2. The third-order valence-corrected chi connectivity index (χ3v) is 4.27. The quantitative estimate of drug-likeness (QED) is 0.648. The highest BCUT2D eigenvalue weighted by Gasteiger charge is 2.16. The average molecular weight is 358 g/mol. The second kappa shape index (κ2) is 8.16. The summed E-state index contributed by atoms with van der Waals surface area (Å²) in [6, 6.07) is 10.9. The molecule has 0 atom stereocenters. The molecule has 2 rings (SSSR count). The van der Waals surface area contributed by atoms with Gasteiger partial charge in [-0.15, -0.1) is 11.8 Å². The molecule has 5 nitrogen and oxygen atoms in total. The topological polar surface area (TPSA) is 68.3 Å². The number of benzene rings is 1. The van der Waals surface area contributed by atoms with Crippen molar-refractivity contribution < 1.29 is 14.3 Å². The van der Waals surface area contributed by atoms with E-state index < -0.39 is 5.97 Å². The zero-order valence-corrected chi connectivity index (χ0v) is 15.6. The lowest BCUT2D eigenvalue weighted by Crippen LogP contribution is -2.21. The van der Waals surface area contributed by atoms with Crippen LogP contribution in [0.4, 0.5) is 5.69 Å². The van der Waals surface area contributed by atoms with Gasteiger partial charge in [0.15, 0.2) is 6.61 Å². The van der Waals surface area contributed by atoms with E-state index in [0.29, 0.717) is 16.3 Å². The van der Waals surface area contributed by atoms with Crippen molar-refractivity contribution in [3.8, 4) is 0 Å². The summed E-state index contributed by atoms with van der Waals surface area (Å²) in [6.07, 6.45) is 3.43. The molecule has 6 heteroatoms. The van der Waals surface area contributed by atoms with Crippen LogP contribution in [0.1, 0.15) is 36.7 Å². The summed E-state index contributed by atoms with van der Waals surface area (Å²) in [7, 11) is 0. The van der Waals surface area contributed by atoms with Gasteiger partial charge in [-0.25, -0.2) is 9.78 Å². The molecule has 2 aromatic rings. The maximum absolute atomic E-state index is 12.1. The van der Waals surface area contributed by atoms with Gasteiger partial charge in [0.1, 0.15) is 5.03 Å². The fourth-order valence-electron chi connectivity index (χ4n) is 2.17. The lowest BCUT2D eigenvalue weighted by atomic mass is 9.87. The molecule has 0 aliphatic carbocycles. The maximum Gasteiger partial charge on any atom is 0.341 e. The van der Waals surface area contributed by atoms with Crippen LogP contribution in [-0.4, -0.2) is 29.7 Å². The van der Waals surface area contributed by atoms with E-state index in [-0.39, 0.29) is 17.9 Å². The molecule has 25 heavy (non-hydrogen) atoms. The van der Waals surface area contributed by atoms with Crippen LogP contribution in [0, 0.1) is 0 Å². The number of thioether (sulfide) groups is 1. The SMILES string of the molecule is CSc1ncccc1C(=O)OCC(=O)Nc1ccc(C(C)(C)C)cc1. The fraction of sp³-hybridized carbons (Fsp3) is 0.316. The number of nitrogens with zero attached hydrogens (tertiary/aromatic N) is 1. The van der Waals surface area contributed by atoms with Crippen LogP contribution in [0.15, 0.2) is 47.6 Å². The Hall–Kier alpha value is -2.34. The number of pyridine rings is 1. The zero-order chi connectivity index (χ0) is 18.4. The minimum absolute atomic E-state index is 0.0524. The Balaban J connectivity index is 1.91. The predicted molar refractivity (Wildman–Crippen MR) is 100 cm³/mol. The van der Waals surface area contributed by atoms with Crippen LogP contribution in [0.3, 0.4) is 0 Å². The summed E-state index contributed by atoms with van der Waals surface area (Å²) in [4.78, 5) is 28.2. The predicted octanol–water partition coefficient (Wildman–Crippen LogP) is 3.90. The van der Waals surface area contributed by atoms with Gasteiger partial charge in [0, 0.05) is 11.9 Å². The molecule has 0 radical (unpaired) electrons. The Bertz CT molecular complexity index is 752. The molecule has 0 saturated heterocycles. The number of anilines is 1. The van der Waals surface area contributed by atoms with E-state index in [1.165, 1.54) is 17.3 Å². The van der Waals surface area contributed by atoms with Crippen LogP contribution < -0.4 is 5.32 Å². The Kier molecular flexibility index (Phi) is 6.20.